The SMILES string of the molecule is O=C(/C=C/c1ccc(COc2ccc(Cl)cc2[N+](=O)[O-])o1)c1ccc(Cl)cc1Cl. The molecule has 0 atom stereocenters. The lowest BCUT2D eigenvalue weighted by atomic mass is 10.1. The van der Waals surface area contributed by atoms with Crippen molar-refractivity contribution in [3.8, 4) is 5.75 Å². The van der Waals surface area contributed by atoms with E-state index in [-0.39, 0.29) is 33.9 Å². The molecule has 0 radical (unpaired) electrons. The third-order valence-corrected chi connectivity index (χ3v) is 4.55. The van der Waals surface area contributed by atoms with Gasteiger partial charge < -0.3 is 9.15 Å². The predicted octanol–water partition coefficient (Wildman–Crippen LogP) is 6.62. The molecule has 9 heteroatoms. The van der Waals surface area contributed by atoms with E-state index in [9.17, 15) is 14.9 Å². The molecule has 3 aromatic rings. The fourth-order valence-corrected chi connectivity index (χ4v) is 3.07. The maximum Gasteiger partial charge on any atom is 0.312 e. The molecule has 0 fully saturated rings. The third kappa shape index (κ3) is 5.38. The molecular formula is C20H12Cl3NO5. The number of halogens is 3. The second kappa shape index (κ2) is 9.13. The Hall–Kier alpha value is -2.80. The molecule has 0 saturated heterocycles. The van der Waals surface area contributed by atoms with E-state index in [1.54, 1.807) is 18.2 Å². The molecule has 0 aliphatic carbocycles. The molecule has 3 rings (SSSR count). The van der Waals surface area contributed by atoms with Gasteiger partial charge in [-0.05, 0) is 54.6 Å². The molecule has 0 unspecified atom stereocenters. The number of allylic oxidation sites excluding steroid dienone is 1. The number of benzene rings is 2. The minimum Gasteiger partial charge on any atom is -0.479 e. The number of carbonyl (C=O) groups is 1. The minimum atomic E-state index is -0.578. The normalized spacial score (nSPS) is 11.0. The number of furan rings is 1. The van der Waals surface area contributed by atoms with Gasteiger partial charge in [0.2, 0.25) is 0 Å². The zero-order valence-corrected chi connectivity index (χ0v) is 16.9. The summed E-state index contributed by atoms with van der Waals surface area (Å²) in [4.78, 5) is 22.7. The molecular weight excluding hydrogens is 441 g/mol. The molecule has 1 heterocycles. The maximum atomic E-state index is 12.2. The molecule has 0 saturated carbocycles. The Morgan fingerprint density at radius 2 is 1.79 bits per heavy atom. The van der Waals surface area contributed by atoms with Crippen molar-refractivity contribution in [1.82, 2.24) is 0 Å². The lowest BCUT2D eigenvalue weighted by Crippen LogP contribution is -1.98. The smallest absolute Gasteiger partial charge is 0.312 e. The molecule has 0 amide bonds. The van der Waals surface area contributed by atoms with Crippen molar-refractivity contribution in [1.29, 1.82) is 0 Å². The van der Waals surface area contributed by atoms with Crippen molar-refractivity contribution >= 4 is 52.3 Å². The number of hydrogen-bond donors (Lipinski definition) is 0. The largest absolute Gasteiger partial charge is 0.479 e. The van der Waals surface area contributed by atoms with Crippen LogP contribution in [0, 0.1) is 10.1 Å². The van der Waals surface area contributed by atoms with Gasteiger partial charge in [-0.3, -0.25) is 14.9 Å². The average Bonchev–Trinajstić information content (AvgIpc) is 3.13. The van der Waals surface area contributed by atoms with Gasteiger partial charge in [-0.15, -0.1) is 0 Å². The first-order chi connectivity index (χ1) is 13.8. The summed E-state index contributed by atoms with van der Waals surface area (Å²) >= 11 is 17.6. The number of carbonyl (C=O) groups excluding carboxylic acids is 1. The van der Waals surface area contributed by atoms with E-state index in [1.165, 1.54) is 42.5 Å². The third-order valence-electron chi connectivity index (χ3n) is 3.77. The van der Waals surface area contributed by atoms with Gasteiger partial charge in [-0.25, -0.2) is 0 Å². The highest BCUT2D eigenvalue weighted by Gasteiger charge is 2.16. The van der Waals surface area contributed by atoms with Crippen LogP contribution in [0.5, 0.6) is 5.75 Å². The highest BCUT2D eigenvalue weighted by Crippen LogP contribution is 2.30. The van der Waals surface area contributed by atoms with Gasteiger partial charge in [0, 0.05) is 21.7 Å². The Labute approximate surface area is 180 Å². The van der Waals surface area contributed by atoms with Gasteiger partial charge in [-0.2, -0.15) is 0 Å². The van der Waals surface area contributed by atoms with Gasteiger partial charge in [0.05, 0.1) is 9.95 Å². The number of ketones is 1. The van der Waals surface area contributed by atoms with E-state index in [2.05, 4.69) is 0 Å². The van der Waals surface area contributed by atoms with Crippen LogP contribution < -0.4 is 4.74 Å². The first kappa shape index (κ1) is 20.9. The molecule has 0 aliphatic rings. The summed E-state index contributed by atoms with van der Waals surface area (Å²) in [5, 5.41) is 12.0. The number of ether oxygens (including phenoxy) is 1. The van der Waals surface area contributed by atoms with E-state index < -0.39 is 4.92 Å². The van der Waals surface area contributed by atoms with Crippen molar-refractivity contribution < 1.29 is 18.9 Å². The monoisotopic (exact) mass is 451 g/mol. The zero-order valence-electron chi connectivity index (χ0n) is 14.6. The molecule has 6 nitrogen and oxygen atoms in total. The molecule has 0 bridgehead atoms. The molecule has 29 heavy (non-hydrogen) atoms. The van der Waals surface area contributed by atoms with Crippen LogP contribution in [0.2, 0.25) is 15.1 Å². The zero-order chi connectivity index (χ0) is 21.0. The predicted molar refractivity (Wildman–Crippen MR) is 111 cm³/mol. The van der Waals surface area contributed by atoms with Gasteiger partial charge in [-0.1, -0.05) is 34.8 Å². The van der Waals surface area contributed by atoms with Gasteiger partial charge >= 0.3 is 5.69 Å². The molecule has 0 N–H and O–H groups in total. The number of rotatable bonds is 7. The molecule has 0 aliphatic heterocycles. The number of nitro groups is 1. The van der Waals surface area contributed by atoms with Crippen LogP contribution in [-0.4, -0.2) is 10.7 Å². The Bertz CT molecular complexity index is 1110. The van der Waals surface area contributed by atoms with Crippen molar-refractivity contribution in [2.45, 2.75) is 6.61 Å². The van der Waals surface area contributed by atoms with E-state index >= 15 is 0 Å². The number of nitrogens with zero attached hydrogens (tertiary/aromatic N) is 1. The van der Waals surface area contributed by atoms with E-state index in [0.717, 1.165) is 0 Å². The van der Waals surface area contributed by atoms with E-state index in [0.29, 0.717) is 22.1 Å². The fourth-order valence-electron chi connectivity index (χ4n) is 2.40. The van der Waals surface area contributed by atoms with Gasteiger partial charge in [0.25, 0.3) is 0 Å². The summed E-state index contributed by atoms with van der Waals surface area (Å²) in [7, 11) is 0. The minimum absolute atomic E-state index is 0.0345. The van der Waals surface area contributed by atoms with Crippen molar-refractivity contribution in [2.75, 3.05) is 0 Å². The summed E-state index contributed by atoms with van der Waals surface area (Å²) in [6.07, 6.45) is 2.81. The van der Waals surface area contributed by atoms with Crippen LogP contribution in [0.15, 0.2) is 59.0 Å². The van der Waals surface area contributed by atoms with Crippen molar-refractivity contribution in [3.63, 3.8) is 0 Å². The van der Waals surface area contributed by atoms with E-state index in [1.807, 2.05) is 0 Å². The lowest BCUT2D eigenvalue weighted by Gasteiger charge is -2.05. The Kier molecular flexibility index (Phi) is 6.59. The van der Waals surface area contributed by atoms with Crippen molar-refractivity contribution in [2.24, 2.45) is 0 Å². The fraction of sp³-hybridized carbons (Fsp3) is 0.0500. The van der Waals surface area contributed by atoms with Crippen LogP contribution >= 0.6 is 34.8 Å². The van der Waals surface area contributed by atoms with Crippen LogP contribution in [0.1, 0.15) is 21.9 Å². The van der Waals surface area contributed by atoms with Crippen molar-refractivity contribution in [3.05, 3.63) is 96.9 Å². The lowest BCUT2D eigenvalue weighted by molar-refractivity contribution is -0.385. The van der Waals surface area contributed by atoms with E-state index in [4.69, 9.17) is 44.0 Å². The first-order valence-corrected chi connectivity index (χ1v) is 9.30. The number of hydrogen-bond acceptors (Lipinski definition) is 5. The summed E-state index contributed by atoms with van der Waals surface area (Å²) < 4.78 is 11.0. The summed E-state index contributed by atoms with van der Waals surface area (Å²) in [5.74, 6) is 0.594. The average molecular weight is 453 g/mol. The second-order valence-electron chi connectivity index (χ2n) is 5.78. The van der Waals surface area contributed by atoms with Crippen LogP contribution in [0.4, 0.5) is 5.69 Å². The number of nitro benzene ring substituents is 1. The Morgan fingerprint density at radius 1 is 1.07 bits per heavy atom. The van der Waals surface area contributed by atoms with Gasteiger partial charge in [0.15, 0.2) is 11.5 Å². The second-order valence-corrected chi connectivity index (χ2v) is 7.06. The summed E-state index contributed by atoms with van der Waals surface area (Å²) in [5.41, 5.74) is 0.0760. The molecule has 0 spiro atoms. The Balaban J connectivity index is 1.66. The van der Waals surface area contributed by atoms with Crippen LogP contribution in [-0.2, 0) is 6.61 Å². The highest BCUT2D eigenvalue weighted by molar-refractivity contribution is 6.37. The molecule has 2 aromatic carbocycles. The summed E-state index contributed by atoms with van der Waals surface area (Å²) in [6, 6.07) is 12.0. The summed E-state index contributed by atoms with van der Waals surface area (Å²) in [6.45, 7) is -0.0345. The van der Waals surface area contributed by atoms with Gasteiger partial charge in [0.1, 0.15) is 18.1 Å². The van der Waals surface area contributed by atoms with Crippen LogP contribution in [0.25, 0.3) is 6.08 Å². The quantitative estimate of drug-likeness (QED) is 0.174. The standard InChI is InChI=1S/C20H12Cl3NO5/c21-12-1-6-16(17(23)9-12)19(25)7-5-14-3-4-15(29-14)11-28-20-8-2-13(22)10-18(20)24(26)27/h1-10H,11H2/b7-5+. The maximum absolute atomic E-state index is 12.2. The molecule has 1 aromatic heterocycles. The Morgan fingerprint density at radius 3 is 2.52 bits per heavy atom. The highest BCUT2D eigenvalue weighted by atomic mass is 35.5. The first-order valence-electron chi connectivity index (χ1n) is 8.16. The topological polar surface area (TPSA) is 82.6 Å². The van der Waals surface area contributed by atoms with Crippen LogP contribution in [0.3, 0.4) is 0 Å². The molecule has 148 valence electrons.